The highest BCUT2D eigenvalue weighted by Crippen LogP contribution is 2.42. The summed E-state index contributed by atoms with van der Waals surface area (Å²) in [6.45, 7) is 2.32. The molecule has 1 saturated heterocycles. The molecule has 1 aliphatic heterocycles. The number of benzene rings is 2. The molecule has 1 heterocycles. The summed E-state index contributed by atoms with van der Waals surface area (Å²) in [4.78, 5) is 27.5. The summed E-state index contributed by atoms with van der Waals surface area (Å²) in [6.07, 6.45) is 1.53. The Balaban J connectivity index is 2.19. The summed E-state index contributed by atoms with van der Waals surface area (Å²) in [7, 11) is 1.44. The monoisotopic (exact) mass is 459 g/mol. The van der Waals surface area contributed by atoms with Crippen LogP contribution in [0.4, 0.5) is 0 Å². The third-order valence-corrected chi connectivity index (χ3v) is 5.48. The van der Waals surface area contributed by atoms with Crippen molar-refractivity contribution in [3.8, 4) is 11.5 Å². The Morgan fingerprint density at radius 1 is 1.19 bits per heavy atom. The normalized spacial score (nSPS) is 17.6. The first kappa shape index (κ1) is 23.6. The van der Waals surface area contributed by atoms with Crippen LogP contribution in [0.5, 0.6) is 11.5 Å². The fourth-order valence-electron chi connectivity index (χ4n) is 3.73. The van der Waals surface area contributed by atoms with Gasteiger partial charge in [-0.25, -0.2) is 0 Å². The molecule has 1 unspecified atom stereocenters. The van der Waals surface area contributed by atoms with E-state index in [0.29, 0.717) is 35.1 Å². The summed E-state index contributed by atoms with van der Waals surface area (Å²) in [5.41, 5.74) is 0.801. The largest absolute Gasteiger partial charge is 0.507 e. The van der Waals surface area contributed by atoms with Crippen LogP contribution in [0.2, 0.25) is 5.02 Å². The summed E-state index contributed by atoms with van der Waals surface area (Å²) in [5.74, 6) is -0.989. The van der Waals surface area contributed by atoms with Crippen LogP contribution in [0.1, 0.15) is 36.9 Å². The van der Waals surface area contributed by atoms with Gasteiger partial charge in [-0.3, -0.25) is 9.59 Å². The van der Waals surface area contributed by atoms with Crippen LogP contribution in [0.3, 0.4) is 0 Å². The van der Waals surface area contributed by atoms with Crippen LogP contribution in [-0.2, 0) is 9.59 Å². The number of Topliss-reactive ketones (excluding diaryl/α,β-unsaturated/α-hetero) is 1. The number of ether oxygens (including phenoxy) is 2. The number of carbonyl (C=O) groups is 2. The first-order chi connectivity index (χ1) is 15.4. The lowest BCUT2D eigenvalue weighted by Gasteiger charge is -2.25. The van der Waals surface area contributed by atoms with Gasteiger partial charge < -0.3 is 24.6 Å². The molecular weight excluding hydrogens is 434 g/mol. The number of unbranched alkanes of at least 4 members (excludes halogenated alkanes) is 1. The third-order valence-electron chi connectivity index (χ3n) is 5.24. The zero-order chi connectivity index (χ0) is 23.3. The van der Waals surface area contributed by atoms with Gasteiger partial charge in [-0.15, -0.1) is 0 Å². The highest BCUT2D eigenvalue weighted by Gasteiger charge is 2.46. The molecule has 0 spiro atoms. The fraction of sp³-hybridized carbons (Fsp3) is 0.333. The van der Waals surface area contributed by atoms with Crippen molar-refractivity contribution in [3.63, 3.8) is 0 Å². The zero-order valence-corrected chi connectivity index (χ0v) is 18.8. The van der Waals surface area contributed by atoms with Crippen LogP contribution in [0.15, 0.2) is 48.0 Å². The quantitative estimate of drug-likeness (QED) is 0.335. The van der Waals surface area contributed by atoms with Crippen molar-refractivity contribution in [3.05, 3.63) is 64.2 Å². The number of halogens is 1. The third kappa shape index (κ3) is 4.74. The van der Waals surface area contributed by atoms with E-state index in [9.17, 15) is 14.7 Å². The maximum Gasteiger partial charge on any atom is 0.295 e. The molecule has 7 nitrogen and oxygen atoms in total. The SMILES string of the molecule is CCCCN1C(=O)C(=O)/C(=C(/O)c2cc(Cl)ccc2OC)C1c1cccc(OCCO)c1. The number of nitrogens with zero attached hydrogens (tertiary/aromatic N) is 1. The maximum atomic E-state index is 13.1. The highest BCUT2D eigenvalue weighted by atomic mass is 35.5. The van der Waals surface area contributed by atoms with Gasteiger partial charge in [-0.2, -0.15) is 0 Å². The summed E-state index contributed by atoms with van der Waals surface area (Å²) >= 11 is 6.12. The molecule has 32 heavy (non-hydrogen) atoms. The number of amides is 1. The zero-order valence-electron chi connectivity index (χ0n) is 18.0. The average molecular weight is 460 g/mol. The van der Waals surface area contributed by atoms with Crippen molar-refractivity contribution in [1.82, 2.24) is 4.90 Å². The Kier molecular flexibility index (Phi) is 7.77. The van der Waals surface area contributed by atoms with Gasteiger partial charge in [0.1, 0.15) is 23.9 Å². The smallest absolute Gasteiger partial charge is 0.295 e. The van der Waals surface area contributed by atoms with Gasteiger partial charge in [0.15, 0.2) is 0 Å². The lowest BCUT2D eigenvalue weighted by molar-refractivity contribution is -0.139. The second-order valence-electron chi connectivity index (χ2n) is 7.34. The van der Waals surface area contributed by atoms with E-state index in [4.69, 9.17) is 26.2 Å². The minimum absolute atomic E-state index is 0.0361. The number of hydrogen-bond donors (Lipinski definition) is 2. The van der Waals surface area contributed by atoms with Gasteiger partial charge in [0.05, 0.1) is 30.9 Å². The summed E-state index contributed by atoms with van der Waals surface area (Å²) in [6, 6.07) is 10.8. The molecular formula is C24H26ClNO6. The molecule has 0 radical (unpaired) electrons. The van der Waals surface area contributed by atoms with Gasteiger partial charge in [0, 0.05) is 11.6 Å². The van der Waals surface area contributed by atoms with E-state index >= 15 is 0 Å². The van der Waals surface area contributed by atoms with E-state index in [0.717, 1.165) is 6.42 Å². The summed E-state index contributed by atoms with van der Waals surface area (Å²) < 4.78 is 10.8. The van der Waals surface area contributed by atoms with Crippen molar-refractivity contribution < 1.29 is 29.3 Å². The Bertz CT molecular complexity index is 1030. The number of likely N-dealkylation sites (tertiary alicyclic amines) is 1. The van der Waals surface area contributed by atoms with Crippen molar-refractivity contribution in [1.29, 1.82) is 0 Å². The minimum atomic E-state index is -0.803. The number of hydrogen-bond acceptors (Lipinski definition) is 6. The van der Waals surface area contributed by atoms with Crippen LogP contribution in [0.25, 0.3) is 5.76 Å². The van der Waals surface area contributed by atoms with Crippen molar-refractivity contribution in [2.45, 2.75) is 25.8 Å². The standard InChI is InChI=1S/C24H26ClNO6/c1-3-4-10-26-21(15-6-5-7-17(13-15)32-12-11-27)20(23(29)24(26)30)22(28)18-14-16(25)8-9-19(18)31-2/h5-9,13-14,21,27-28H,3-4,10-12H2,1-2H3/b22-20+. The minimum Gasteiger partial charge on any atom is -0.507 e. The Hall–Kier alpha value is -3.03. The molecule has 0 aromatic heterocycles. The molecule has 3 rings (SSSR count). The number of methoxy groups -OCH3 is 1. The van der Waals surface area contributed by atoms with Crippen LogP contribution < -0.4 is 9.47 Å². The molecule has 0 saturated carbocycles. The number of rotatable bonds is 9. The highest BCUT2D eigenvalue weighted by molar-refractivity contribution is 6.46. The Morgan fingerprint density at radius 2 is 1.97 bits per heavy atom. The molecule has 0 bridgehead atoms. The molecule has 2 N–H and O–H groups in total. The summed E-state index contributed by atoms with van der Waals surface area (Å²) in [5, 5.41) is 20.6. The lowest BCUT2D eigenvalue weighted by atomic mass is 9.94. The van der Waals surface area contributed by atoms with Crippen LogP contribution >= 0.6 is 11.6 Å². The second-order valence-corrected chi connectivity index (χ2v) is 7.77. The van der Waals surface area contributed by atoms with Gasteiger partial charge in [-0.05, 0) is 42.3 Å². The average Bonchev–Trinajstić information content (AvgIpc) is 3.05. The second kappa shape index (κ2) is 10.5. The predicted molar refractivity (Wildman–Crippen MR) is 121 cm³/mol. The molecule has 1 fully saturated rings. The molecule has 2 aromatic rings. The molecule has 170 valence electrons. The van der Waals surface area contributed by atoms with E-state index in [2.05, 4.69) is 0 Å². The van der Waals surface area contributed by atoms with E-state index in [1.165, 1.54) is 18.1 Å². The Morgan fingerprint density at radius 3 is 2.66 bits per heavy atom. The van der Waals surface area contributed by atoms with Crippen molar-refractivity contribution in [2.75, 3.05) is 26.9 Å². The van der Waals surface area contributed by atoms with Gasteiger partial charge in [-0.1, -0.05) is 37.1 Å². The lowest BCUT2D eigenvalue weighted by Crippen LogP contribution is -2.30. The molecule has 0 aliphatic carbocycles. The van der Waals surface area contributed by atoms with Crippen molar-refractivity contribution >= 4 is 29.1 Å². The van der Waals surface area contributed by atoms with Gasteiger partial charge in [0.25, 0.3) is 11.7 Å². The van der Waals surface area contributed by atoms with Crippen LogP contribution in [0, 0.1) is 0 Å². The van der Waals surface area contributed by atoms with Crippen LogP contribution in [-0.4, -0.2) is 53.7 Å². The maximum absolute atomic E-state index is 13.1. The molecule has 2 aromatic carbocycles. The van der Waals surface area contributed by atoms with E-state index < -0.39 is 17.7 Å². The molecule has 1 aliphatic rings. The first-order valence-electron chi connectivity index (χ1n) is 10.4. The van der Waals surface area contributed by atoms with E-state index in [1.54, 1.807) is 36.4 Å². The van der Waals surface area contributed by atoms with E-state index in [-0.39, 0.29) is 30.1 Å². The number of carbonyl (C=O) groups excluding carboxylic acids is 2. The molecule has 1 amide bonds. The predicted octanol–water partition coefficient (Wildman–Crippen LogP) is 3.94. The molecule has 1 atom stereocenters. The first-order valence-corrected chi connectivity index (χ1v) is 10.8. The fourth-order valence-corrected chi connectivity index (χ4v) is 3.91. The number of aliphatic hydroxyl groups is 2. The topological polar surface area (TPSA) is 96.3 Å². The number of aliphatic hydroxyl groups excluding tert-OH is 2. The van der Waals surface area contributed by atoms with Crippen molar-refractivity contribution in [2.24, 2.45) is 0 Å². The van der Waals surface area contributed by atoms with E-state index in [1.807, 2.05) is 6.92 Å². The Labute approximate surface area is 191 Å². The van der Waals surface area contributed by atoms with Gasteiger partial charge in [0.2, 0.25) is 0 Å². The molecule has 8 heteroatoms. The number of ketones is 1. The van der Waals surface area contributed by atoms with Gasteiger partial charge >= 0.3 is 0 Å².